The van der Waals surface area contributed by atoms with Crippen LogP contribution in [0.4, 0.5) is 9.93 Å². The first-order chi connectivity index (χ1) is 11.6. The molecule has 0 atom stereocenters. The van der Waals surface area contributed by atoms with Crippen LogP contribution in [0.2, 0.25) is 0 Å². The minimum Gasteiger partial charge on any atom is -0.497 e. The molecule has 2 amide bonds. The molecule has 0 unspecified atom stereocenters. The lowest BCUT2D eigenvalue weighted by Crippen LogP contribution is -2.35. The largest absolute Gasteiger partial charge is 0.497 e. The summed E-state index contributed by atoms with van der Waals surface area (Å²) in [6.07, 6.45) is 0. The first-order valence-corrected chi connectivity index (χ1v) is 7.93. The minimum absolute atomic E-state index is 0.310. The van der Waals surface area contributed by atoms with Gasteiger partial charge in [0.25, 0.3) is 0 Å². The van der Waals surface area contributed by atoms with Crippen LogP contribution in [0.15, 0.2) is 42.5 Å². The Morgan fingerprint density at radius 1 is 1.33 bits per heavy atom. The normalized spacial score (nSPS) is 10.3. The smallest absolute Gasteiger partial charge is 0.321 e. The molecule has 6 nitrogen and oxygen atoms in total. The molecule has 0 aliphatic rings. The van der Waals surface area contributed by atoms with Crippen molar-refractivity contribution >= 4 is 32.7 Å². The molecule has 3 aromatic rings. The lowest BCUT2D eigenvalue weighted by Gasteiger charge is -2.17. The molecule has 0 spiro atoms. The van der Waals surface area contributed by atoms with Crippen molar-refractivity contribution in [3.63, 3.8) is 0 Å². The van der Waals surface area contributed by atoms with Crippen molar-refractivity contribution in [2.75, 3.05) is 12.0 Å². The number of thiazole rings is 1. The zero-order valence-corrected chi connectivity index (χ0v) is 13.7. The summed E-state index contributed by atoms with van der Waals surface area (Å²) >= 11 is 1.33. The van der Waals surface area contributed by atoms with Gasteiger partial charge in [0.15, 0.2) is 5.13 Å². The van der Waals surface area contributed by atoms with Crippen LogP contribution in [0.25, 0.3) is 10.2 Å². The third-order valence-corrected chi connectivity index (χ3v) is 4.54. The van der Waals surface area contributed by atoms with Crippen LogP contribution in [-0.2, 0) is 6.54 Å². The highest BCUT2D eigenvalue weighted by molar-refractivity contribution is 7.22. The number of primary amides is 1. The molecule has 0 bridgehead atoms. The molecule has 120 valence electrons. The number of methoxy groups -OCH3 is 1. The van der Waals surface area contributed by atoms with Gasteiger partial charge in [-0.15, -0.1) is 0 Å². The minimum atomic E-state index is -0.578. The number of amides is 2. The Labute approximate surface area is 142 Å². The first-order valence-electron chi connectivity index (χ1n) is 7.11. The molecule has 0 aliphatic heterocycles. The number of hydrogen-bond donors (Lipinski definition) is 1. The molecule has 0 saturated heterocycles. The van der Waals surface area contributed by atoms with E-state index in [1.54, 1.807) is 25.3 Å². The van der Waals surface area contributed by atoms with Gasteiger partial charge in [-0.2, -0.15) is 5.26 Å². The topological polar surface area (TPSA) is 92.2 Å². The third kappa shape index (κ3) is 3.14. The van der Waals surface area contributed by atoms with Gasteiger partial charge in [0.1, 0.15) is 5.75 Å². The highest BCUT2D eigenvalue weighted by Gasteiger charge is 2.18. The molecule has 3 rings (SSSR count). The lowest BCUT2D eigenvalue weighted by molar-refractivity contribution is 0.253. The number of nitrogens with two attached hydrogens (primary N) is 1. The average Bonchev–Trinajstić information content (AvgIpc) is 3.02. The van der Waals surface area contributed by atoms with Gasteiger partial charge in [0.05, 0.1) is 35.5 Å². The van der Waals surface area contributed by atoms with Crippen molar-refractivity contribution in [1.82, 2.24) is 4.98 Å². The number of anilines is 1. The molecule has 7 heteroatoms. The fourth-order valence-corrected chi connectivity index (χ4v) is 3.26. The molecule has 0 fully saturated rings. The number of fused-ring (bicyclic) bond motifs is 1. The number of carbonyl (C=O) groups is 1. The summed E-state index contributed by atoms with van der Waals surface area (Å²) in [4.78, 5) is 17.7. The monoisotopic (exact) mass is 338 g/mol. The number of hydrogen-bond acceptors (Lipinski definition) is 5. The van der Waals surface area contributed by atoms with Gasteiger partial charge in [0, 0.05) is 0 Å². The van der Waals surface area contributed by atoms with Crippen molar-refractivity contribution in [3.05, 3.63) is 53.6 Å². The number of aromatic nitrogens is 1. The Hall–Kier alpha value is -3.11. The predicted octanol–water partition coefficient (Wildman–Crippen LogP) is 3.26. The van der Waals surface area contributed by atoms with E-state index in [0.29, 0.717) is 17.2 Å². The zero-order chi connectivity index (χ0) is 17.1. The van der Waals surface area contributed by atoms with E-state index in [2.05, 4.69) is 11.1 Å². The summed E-state index contributed by atoms with van der Waals surface area (Å²) < 4.78 is 5.96. The van der Waals surface area contributed by atoms with E-state index in [1.165, 1.54) is 16.2 Å². The summed E-state index contributed by atoms with van der Waals surface area (Å²) in [7, 11) is 1.60. The molecule has 24 heavy (non-hydrogen) atoms. The summed E-state index contributed by atoms with van der Waals surface area (Å²) in [5.41, 5.74) is 7.72. The maximum absolute atomic E-state index is 11.9. The maximum Gasteiger partial charge on any atom is 0.321 e. The van der Waals surface area contributed by atoms with Gasteiger partial charge in [-0.05, 0) is 35.9 Å². The number of nitriles is 1. The van der Waals surface area contributed by atoms with E-state index >= 15 is 0 Å². The first kappa shape index (κ1) is 15.8. The maximum atomic E-state index is 11.9. The Kier molecular flexibility index (Phi) is 4.31. The highest BCUT2D eigenvalue weighted by atomic mass is 32.1. The van der Waals surface area contributed by atoms with Gasteiger partial charge in [-0.25, -0.2) is 9.78 Å². The van der Waals surface area contributed by atoms with Crippen LogP contribution >= 0.6 is 11.3 Å². The molecule has 0 aliphatic carbocycles. The van der Waals surface area contributed by atoms with Crippen molar-refractivity contribution in [2.24, 2.45) is 5.73 Å². The van der Waals surface area contributed by atoms with Gasteiger partial charge < -0.3 is 10.5 Å². The van der Waals surface area contributed by atoms with E-state index in [1.807, 2.05) is 24.3 Å². The van der Waals surface area contributed by atoms with Crippen molar-refractivity contribution in [2.45, 2.75) is 6.54 Å². The van der Waals surface area contributed by atoms with E-state index in [0.717, 1.165) is 21.5 Å². The molecule has 2 N–H and O–H groups in total. The number of nitrogens with zero attached hydrogens (tertiary/aromatic N) is 3. The molecular weight excluding hydrogens is 324 g/mol. The van der Waals surface area contributed by atoms with Crippen LogP contribution < -0.4 is 15.4 Å². The average molecular weight is 338 g/mol. The van der Waals surface area contributed by atoms with Crippen molar-refractivity contribution in [1.29, 1.82) is 5.26 Å². The van der Waals surface area contributed by atoms with Crippen LogP contribution in [-0.4, -0.2) is 18.1 Å². The fraction of sp³-hybridized carbons (Fsp3) is 0.118. The number of urea groups is 1. The highest BCUT2D eigenvalue weighted by Crippen LogP contribution is 2.30. The number of benzene rings is 2. The fourth-order valence-electron chi connectivity index (χ4n) is 2.25. The number of carbonyl (C=O) groups excluding carboxylic acids is 1. The van der Waals surface area contributed by atoms with Crippen molar-refractivity contribution < 1.29 is 9.53 Å². The van der Waals surface area contributed by atoms with Crippen LogP contribution in [0.3, 0.4) is 0 Å². The van der Waals surface area contributed by atoms with E-state index in [4.69, 9.17) is 15.7 Å². The Bertz CT molecular complexity index is 928. The molecule has 1 heterocycles. The third-order valence-electron chi connectivity index (χ3n) is 3.50. The van der Waals surface area contributed by atoms with Crippen molar-refractivity contribution in [3.8, 4) is 11.8 Å². The second-order valence-corrected chi connectivity index (χ2v) is 6.07. The van der Waals surface area contributed by atoms with Gasteiger partial charge in [-0.1, -0.05) is 23.5 Å². The summed E-state index contributed by atoms with van der Waals surface area (Å²) in [5.74, 6) is 0.744. The van der Waals surface area contributed by atoms with E-state index in [9.17, 15) is 4.79 Å². The Balaban J connectivity index is 1.92. The molecule has 2 aromatic carbocycles. The summed E-state index contributed by atoms with van der Waals surface area (Å²) in [5, 5.41) is 9.48. The Morgan fingerprint density at radius 2 is 2.08 bits per heavy atom. The standard InChI is InChI=1S/C17H14N4O2S/c1-23-13-5-2-11(3-6-13)10-21(16(19)22)17-20-14-7-4-12(9-18)8-15(14)24-17/h2-8H,10H2,1H3,(H2,19,22). The molecule has 0 radical (unpaired) electrons. The van der Waals surface area contributed by atoms with E-state index < -0.39 is 6.03 Å². The quantitative estimate of drug-likeness (QED) is 0.790. The Morgan fingerprint density at radius 3 is 2.71 bits per heavy atom. The zero-order valence-electron chi connectivity index (χ0n) is 12.9. The molecule has 1 aromatic heterocycles. The number of ether oxygens (including phenoxy) is 1. The van der Waals surface area contributed by atoms with Crippen LogP contribution in [0.1, 0.15) is 11.1 Å². The predicted molar refractivity (Wildman–Crippen MR) is 93.1 cm³/mol. The molecule has 0 saturated carbocycles. The van der Waals surface area contributed by atoms with Gasteiger partial charge >= 0.3 is 6.03 Å². The second kappa shape index (κ2) is 6.56. The van der Waals surface area contributed by atoms with Crippen LogP contribution in [0.5, 0.6) is 5.75 Å². The number of rotatable bonds is 4. The van der Waals surface area contributed by atoms with Crippen LogP contribution in [0, 0.1) is 11.3 Å². The second-order valence-electron chi connectivity index (χ2n) is 5.06. The van der Waals surface area contributed by atoms with Gasteiger partial charge in [0.2, 0.25) is 0 Å². The summed E-state index contributed by atoms with van der Waals surface area (Å²) in [6.45, 7) is 0.310. The summed E-state index contributed by atoms with van der Waals surface area (Å²) in [6, 6.07) is 14.1. The van der Waals surface area contributed by atoms with Gasteiger partial charge in [-0.3, -0.25) is 4.90 Å². The lowest BCUT2D eigenvalue weighted by atomic mass is 10.2. The SMILES string of the molecule is COc1ccc(CN(C(N)=O)c2nc3ccc(C#N)cc3s2)cc1. The van der Waals surface area contributed by atoms with E-state index in [-0.39, 0.29) is 0 Å². The molecular formula is C17H14N4O2S.